The van der Waals surface area contributed by atoms with Crippen LogP contribution in [0.3, 0.4) is 0 Å². The van der Waals surface area contributed by atoms with Crippen molar-refractivity contribution in [3.8, 4) is 0 Å². The Morgan fingerprint density at radius 2 is 1.06 bits per heavy atom. The van der Waals surface area contributed by atoms with Crippen LogP contribution in [0.5, 0.6) is 0 Å². The lowest BCUT2D eigenvalue weighted by molar-refractivity contribution is 0.0994. The highest BCUT2D eigenvalue weighted by molar-refractivity contribution is 6.21. The van der Waals surface area contributed by atoms with Gasteiger partial charge in [-0.1, -0.05) is 24.3 Å². The maximum atomic E-state index is 11.2. The van der Waals surface area contributed by atoms with Gasteiger partial charge in [0.2, 0.25) is 0 Å². The third kappa shape index (κ3) is 2.74. The van der Waals surface area contributed by atoms with Gasteiger partial charge in [-0.2, -0.15) is 0 Å². The van der Waals surface area contributed by atoms with E-state index in [1.807, 2.05) is 0 Å². The lowest BCUT2D eigenvalue weighted by Gasteiger charge is -2.06. The fourth-order valence-corrected chi connectivity index (χ4v) is 1.46. The van der Waals surface area contributed by atoms with Crippen LogP contribution >= 0.6 is 0 Å². The molecule has 90 valence electrons. The molecule has 0 N–H and O–H groups in total. The Kier molecular flexibility index (Phi) is 3.71. The Morgan fingerprint density at radius 1 is 0.667 bits per heavy atom. The summed E-state index contributed by atoms with van der Waals surface area (Å²) >= 11 is 0. The van der Waals surface area contributed by atoms with Gasteiger partial charge in [0.05, 0.1) is 0 Å². The molecule has 0 spiro atoms. The molecule has 1 aliphatic heterocycles. The monoisotopic (exact) mass is 242 g/mol. The van der Waals surface area contributed by atoms with Crippen molar-refractivity contribution in [3.63, 3.8) is 0 Å². The number of hydrogen-bond acceptors (Lipinski definition) is 4. The van der Waals surface area contributed by atoms with Gasteiger partial charge in [0.1, 0.15) is 25.0 Å². The largest absolute Gasteiger partial charge is 0.466 e. The van der Waals surface area contributed by atoms with E-state index in [0.717, 1.165) is 0 Å². The van der Waals surface area contributed by atoms with Crippen molar-refractivity contribution < 1.29 is 19.1 Å². The van der Waals surface area contributed by atoms with Crippen molar-refractivity contribution >= 4 is 11.6 Å². The molecule has 0 aromatic heterocycles. The maximum absolute atomic E-state index is 11.2. The Hall–Kier alpha value is -2.62. The first-order chi connectivity index (χ1) is 8.79. The molecule has 4 nitrogen and oxygen atoms in total. The fraction of sp³-hybridized carbons (Fsp3) is 0. The second-order valence-electron chi connectivity index (χ2n) is 3.42. The molecule has 0 saturated carbocycles. The molecule has 0 bridgehead atoms. The zero-order valence-electron chi connectivity index (χ0n) is 9.41. The van der Waals surface area contributed by atoms with Crippen LogP contribution in [0.2, 0.25) is 0 Å². The van der Waals surface area contributed by atoms with Crippen LogP contribution in [0.4, 0.5) is 0 Å². The third-order valence-electron chi connectivity index (χ3n) is 2.27. The Morgan fingerprint density at radius 3 is 1.39 bits per heavy atom. The van der Waals surface area contributed by atoms with E-state index < -0.39 is 0 Å². The predicted octanol–water partition coefficient (Wildman–Crippen LogP) is 2.60. The van der Waals surface area contributed by atoms with Gasteiger partial charge in [-0.15, -0.1) is 0 Å². The van der Waals surface area contributed by atoms with E-state index >= 15 is 0 Å². The molecule has 0 unspecified atom stereocenters. The minimum absolute atomic E-state index is 0.0924. The quantitative estimate of drug-likeness (QED) is 0.701. The highest BCUT2D eigenvalue weighted by Crippen LogP contribution is 2.15. The highest BCUT2D eigenvalue weighted by Gasteiger charge is 2.16. The highest BCUT2D eigenvalue weighted by atomic mass is 16.5. The van der Waals surface area contributed by atoms with Crippen molar-refractivity contribution in [1.29, 1.82) is 0 Å². The van der Waals surface area contributed by atoms with Crippen LogP contribution in [0.25, 0.3) is 0 Å². The first-order valence-electron chi connectivity index (χ1n) is 5.26. The molecule has 0 atom stereocenters. The van der Waals surface area contributed by atoms with Crippen molar-refractivity contribution in [1.82, 2.24) is 0 Å². The van der Waals surface area contributed by atoms with Gasteiger partial charge >= 0.3 is 0 Å². The van der Waals surface area contributed by atoms with Gasteiger partial charge in [0, 0.05) is 11.1 Å². The summed E-state index contributed by atoms with van der Waals surface area (Å²) in [5, 5.41) is 0. The van der Waals surface area contributed by atoms with Crippen molar-refractivity contribution in [2.75, 3.05) is 0 Å². The zero-order valence-corrected chi connectivity index (χ0v) is 9.41. The summed E-state index contributed by atoms with van der Waals surface area (Å²) in [6, 6.07) is 6.84. The molecule has 0 amide bonds. The average molecular weight is 242 g/mol. The van der Waals surface area contributed by atoms with E-state index in [1.165, 1.54) is 37.2 Å². The summed E-state index contributed by atoms with van der Waals surface area (Å²) in [5.74, 6) is -0.185. The van der Waals surface area contributed by atoms with Gasteiger partial charge in [0.25, 0.3) is 0 Å². The molecule has 0 saturated heterocycles. The fourth-order valence-electron chi connectivity index (χ4n) is 1.46. The molecule has 1 aromatic carbocycles. The number of carbonyl (C=O) groups is 2. The van der Waals surface area contributed by atoms with E-state index in [1.54, 1.807) is 24.3 Å². The summed E-state index contributed by atoms with van der Waals surface area (Å²) in [5.41, 5.74) is 1.01. The van der Waals surface area contributed by atoms with Gasteiger partial charge in [0.15, 0.2) is 11.6 Å². The van der Waals surface area contributed by atoms with E-state index in [9.17, 15) is 9.59 Å². The molecule has 1 aliphatic carbocycles. The molecule has 4 heteroatoms. The average Bonchev–Trinajstić information content (AvgIpc) is 2.46. The summed E-state index contributed by atoms with van der Waals surface area (Å²) < 4.78 is 9.17. The molecular weight excluding hydrogens is 232 g/mol. The molecule has 1 aromatic rings. The van der Waals surface area contributed by atoms with Crippen LogP contribution in [-0.4, -0.2) is 11.6 Å². The number of ether oxygens (including phenoxy) is 2. The normalized spacial score (nSPS) is 15.1. The molecule has 0 radical (unpaired) electrons. The van der Waals surface area contributed by atoms with Gasteiger partial charge in [-0.05, 0) is 12.2 Å². The smallest absolute Gasteiger partial charge is 0.186 e. The number of fused-ring (bicyclic) bond motifs is 1. The number of benzene rings is 1. The summed E-state index contributed by atoms with van der Waals surface area (Å²) in [4.78, 5) is 22.4. The molecule has 0 fully saturated rings. The van der Waals surface area contributed by atoms with Crippen LogP contribution in [0.1, 0.15) is 20.7 Å². The Bertz CT molecular complexity index is 496. The van der Waals surface area contributed by atoms with Crippen molar-refractivity contribution in [2.45, 2.75) is 0 Å². The predicted molar refractivity (Wildman–Crippen MR) is 64.7 cm³/mol. The summed E-state index contributed by atoms with van der Waals surface area (Å²) in [6.07, 6.45) is 8.45. The van der Waals surface area contributed by atoms with E-state index in [2.05, 4.69) is 9.47 Å². The number of rotatable bonds is 0. The summed E-state index contributed by atoms with van der Waals surface area (Å²) in [6.45, 7) is 0. The molecular formula is C14H10O4. The summed E-state index contributed by atoms with van der Waals surface area (Å²) in [7, 11) is 0. The number of hydrogen-bond donors (Lipinski definition) is 0. The Balaban J connectivity index is 0.000000169. The Labute approximate surface area is 104 Å². The number of carbonyl (C=O) groups excluding carboxylic acids is 2. The minimum Gasteiger partial charge on any atom is -0.466 e. The number of ketones is 2. The lowest BCUT2D eigenvalue weighted by Crippen LogP contribution is -2.10. The zero-order chi connectivity index (χ0) is 12.8. The van der Waals surface area contributed by atoms with Crippen LogP contribution in [0.15, 0.2) is 61.5 Å². The SMILES string of the molecule is C1=COC=CO1.O=C1C=CC(=O)c2ccccc21. The van der Waals surface area contributed by atoms with Crippen LogP contribution < -0.4 is 0 Å². The van der Waals surface area contributed by atoms with Crippen LogP contribution in [0, 0.1) is 0 Å². The maximum Gasteiger partial charge on any atom is 0.186 e. The second kappa shape index (κ2) is 5.63. The third-order valence-corrected chi connectivity index (χ3v) is 2.27. The van der Waals surface area contributed by atoms with E-state index in [-0.39, 0.29) is 11.6 Å². The second-order valence-corrected chi connectivity index (χ2v) is 3.42. The topological polar surface area (TPSA) is 52.6 Å². The van der Waals surface area contributed by atoms with E-state index in [0.29, 0.717) is 11.1 Å². The minimum atomic E-state index is -0.0924. The molecule has 3 rings (SSSR count). The lowest BCUT2D eigenvalue weighted by atomic mass is 9.95. The first kappa shape index (κ1) is 11.9. The molecule has 1 heterocycles. The van der Waals surface area contributed by atoms with Gasteiger partial charge in [-0.3, -0.25) is 9.59 Å². The van der Waals surface area contributed by atoms with Crippen molar-refractivity contribution in [3.05, 3.63) is 72.6 Å². The first-order valence-corrected chi connectivity index (χ1v) is 5.26. The van der Waals surface area contributed by atoms with Gasteiger partial charge < -0.3 is 9.47 Å². The van der Waals surface area contributed by atoms with Gasteiger partial charge in [-0.25, -0.2) is 0 Å². The van der Waals surface area contributed by atoms with E-state index in [4.69, 9.17) is 0 Å². The molecule has 18 heavy (non-hydrogen) atoms. The standard InChI is InChI=1S/C10H6O2.C4H4O2/c11-9-5-6-10(12)8-4-2-1-3-7(8)9;1-2-6-4-3-5-1/h1-6H;1-4H. The van der Waals surface area contributed by atoms with Crippen LogP contribution in [-0.2, 0) is 9.47 Å². The van der Waals surface area contributed by atoms with Crippen molar-refractivity contribution in [2.24, 2.45) is 0 Å². The molecule has 2 aliphatic rings. The number of allylic oxidation sites excluding steroid dienone is 2.